The smallest absolute Gasteiger partial charge is 0.164 e. The highest BCUT2D eigenvalue weighted by Gasteiger charge is 2.18. The van der Waals surface area contributed by atoms with Crippen LogP contribution in [0.4, 0.5) is 0 Å². The van der Waals surface area contributed by atoms with Gasteiger partial charge in [-0.15, -0.1) is 0 Å². The van der Waals surface area contributed by atoms with Gasteiger partial charge >= 0.3 is 0 Å². The zero-order chi connectivity index (χ0) is 13.7. The molecule has 1 aromatic carbocycles. The van der Waals surface area contributed by atoms with Gasteiger partial charge in [-0.3, -0.25) is 0 Å². The zero-order valence-electron chi connectivity index (χ0n) is 11.6. The lowest BCUT2D eigenvalue weighted by Gasteiger charge is -2.24. The quantitative estimate of drug-likeness (QED) is 0.901. The van der Waals surface area contributed by atoms with Crippen LogP contribution in [-0.2, 0) is 6.42 Å². The molecule has 0 radical (unpaired) electrons. The van der Waals surface area contributed by atoms with Gasteiger partial charge in [0.2, 0.25) is 0 Å². The molecule has 3 nitrogen and oxygen atoms in total. The van der Waals surface area contributed by atoms with Gasteiger partial charge in [0.25, 0.3) is 0 Å². The maximum atomic E-state index is 9.54. The third kappa shape index (κ3) is 4.05. The lowest BCUT2D eigenvalue weighted by molar-refractivity contribution is 0.180. The third-order valence-corrected chi connectivity index (χ3v) is 4.29. The van der Waals surface area contributed by atoms with Crippen molar-refractivity contribution in [1.82, 2.24) is 0 Å². The van der Waals surface area contributed by atoms with E-state index in [4.69, 9.17) is 9.47 Å². The van der Waals surface area contributed by atoms with Gasteiger partial charge in [0.15, 0.2) is 11.5 Å². The fraction of sp³-hybridized carbons (Fsp3) is 0.600. The lowest BCUT2D eigenvalue weighted by atomic mass is 10.1. The number of aliphatic hydroxyl groups is 1. The Bertz CT molecular complexity index is 400. The predicted octanol–water partition coefficient (Wildman–Crippen LogP) is 2.89. The van der Waals surface area contributed by atoms with Crippen molar-refractivity contribution in [2.45, 2.75) is 38.4 Å². The summed E-state index contributed by atoms with van der Waals surface area (Å²) in [6.07, 6.45) is 2.68. The molecule has 0 aromatic heterocycles. The van der Waals surface area contributed by atoms with E-state index in [0.29, 0.717) is 6.42 Å². The second kappa shape index (κ2) is 7.06. The molecule has 106 valence electrons. The van der Waals surface area contributed by atoms with Gasteiger partial charge in [-0.25, -0.2) is 0 Å². The number of aliphatic hydroxyl groups excluding tert-OH is 1. The van der Waals surface area contributed by atoms with Crippen LogP contribution >= 0.6 is 11.8 Å². The van der Waals surface area contributed by atoms with E-state index in [2.05, 4.69) is 0 Å². The van der Waals surface area contributed by atoms with Gasteiger partial charge in [0.05, 0.1) is 13.2 Å². The van der Waals surface area contributed by atoms with Gasteiger partial charge in [-0.1, -0.05) is 12.1 Å². The van der Waals surface area contributed by atoms with Crippen LogP contribution in [0.1, 0.15) is 25.3 Å². The normalized spacial score (nSPS) is 18.1. The topological polar surface area (TPSA) is 38.7 Å². The molecule has 1 N–H and O–H groups in total. The van der Waals surface area contributed by atoms with E-state index < -0.39 is 0 Å². The van der Waals surface area contributed by atoms with Crippen molar-refractivity contribution in [2.24, 2.45) is 0 Å². The zero-order valence-corrected chi connectivity index (χ0v) is 12.4. The van der Waals surface area contributed by atoms with E-state index in [1.807, 2.05) is 30.0 Å². The van der Waals surface area contributed by atoms with Crippen molar-refractivity contribution >= 4 is 11.8 Å². The minimum absolute atomic E-state index is 0.289. The lowest BCUT2D eigenvalue weighted by Crippen LogP contribution is -2.22. The number of ether oxygens (including phenoxy) is 2. The average molecular weight is 282 g/mol. The molecule has 1 atom stereocenters. The van der Waals surface area contributed by atoms with Gasteiger partial charge in [-0.2, -0.15) is 11.8 Å². The summed E-state index contributed by atoms with van der Waals surface area (Å²) in [5, 5.41) is 9.54. The molecule has 1 saturated heterocycles. The highest BCUT2D eigenvalue weighted by Crippen LogP contribution is 2.34. The molecule has 4 heteroatoms. The number of rotatable bonds is 5. The van der Waals surface area contributed by atoms with Crippen LogP contribution in [0.3, 0.4) is 0 Å². The Balaban J connectivity index is 2.14. The molecule has 0 spiro atoms. The minimum Gasteiger partial charge on any atom is -0.493 e. The minimum atomic E-state index is -0.379. The van der Waals surface area contributed by atoms with Crippen LogP contribution in [0, 0.1) is 0 Å². The molecular formula is C15H22O3S. The third-order valence-electron chi connectivity index (χ3n) is 3.24. The monoisotopic (exact) mass is 282 g/mol. The summed E-state index contributed by atoms with van der Waals surface area (Å²) in [7, 11) is 1.66. The Morgan fingerprint density at radius 2 is 2.11 bits per heavy atom. The maximum Gasteiger partial charge on any atom is 0.164 e. The fourth-order valence-electron chi connectivity index (χ4n) is 2.34. The van der Waals surface area contributed by atoms with E-state index in [0.717, 1.165) is 29.9 Å². The Labute approximate surface area is 119 Å². The first-order valence-corrected chi connectivity index (χ1v) is 7.94. The first kappa shape index (κ1) is 14.5. The van der Waals surface area contributed by atoms with Gasteiger partial charge in [0.1, 0.15) is 6.10 Å². The number of benzene rings is 1. The van der Waals surface area contributed by atoms with Crippen LogP contribution < -0.4 is 9.47 Å². The second-order valence-corrected chi connectivity index (χ2v) is 6.16. The van der Waals surface area contributed by atoms with Crippen molar-refractivity contribution in [3.63, 3.8) is 0 Å². The van der Waals surface area contributed by atoms with Crippen LogP contribution in [0.2, 0.25) is 0 Å². The molecule has 0 amide bonds. The molecule has 1 unspecified atom stereocenters. The van der Waals surface area contributed by atoms with Crippen LogP contribution in [0.25, 0.3) is 0 Å². The van der Waals surface area contributed by atoms with Crippen molar-refractivity contribution in [1.29, 1.82) is 0 Å². The fourth-order valence-corrected chi connectivity index (χ4v) is 3.40. The van der Waals surface area contributed by atoms with Crippen molar-refractivity contribution in [3.8, 4) is 11.5 Å². The van der Waals surface area contributed by atoms with E-state index in [9.17, 15) is 5.11 Å². The Morgan fingerprint density at radius 3 is 2.74 bits per heavy atom. The van der Waals surface area contributed by atoms with E-state index >= 15 is 0 Å². The molecule has 0 bridgehead atoms. The molecule has 1 aliphatic heterocycles. The van der Waals surface area contributed by atoms with E-state index in [1.54, 1.807) is 14.0 Å². The van der Waals surface area contributed by atoms with Crippen LogP contribution in [0.15, 0.2) is 18.2 Å². The van der Waals surface area contributed by atoms with Crippen LogP contribution in [0.5, 0.6) is 11.5 Å². The molecule has 0 aliphatic carbocycles. The predicted molar refractivity (Wildman–Crippen MR) is 79.4 cm³/mol. The Morgan fingerprint density at radius 1 is 1.37 bits per heavy atom. The molecule has 19 heavy (non-hydrogen) atoms. The summed E-state index contributed by atoms with van der Waals surface area (Å²) < 4.78 is 11.6. The molecule has 2 rings (SSSR count). The highest BCUT2D eigenvalue weighted by molar-refractivity contribution is 7.99. The summed E-state index contributed by atoms with van der Waals surface area (Å²) in [4.78, 5) is 0. The first-order valence-electron chi connectivity index (χ1n) is 6.79. The number of thioether (sulfide) groups is 1. The molecule has 1 fully saturated rings. The number of hydrogen-bond donors (Lipinski definition) is 1. The summed E-state index contributed by atoms with van der Waals surface area (Å²) in [5.74, 6) is 3.90. The van der Waals surface area contributed by atoms with Gasteiger partial charge in [-0.05, 0) is 37.3 Å². The van der Waals surface area contributed by atoms with Crippen LogP contribution in [-0.4, -0.2) is 35.9 Å². The first-order chi connectivity index (χ1) is 9.20. The van der Waals surface area contributed by atoms with Gasteiger partial charge in [0, 0.05) is 12.0 Å². The van der Waals surface area contributed by atoms with Crippen molar-refractivity contribution in [2.75, 3.05) is 18.6 Å². The number of para-hydroxylation sites is 1. The standard InChI is InChI=1S/C15H22O3S/c1-11(16)10-12-4-3-5-14(15(12)17-2)18-13-6-8-19-9-7-13/h3-5,11,13,16H,6-10H2,1-2H3. The van der Waals surface area contributed by atoms with Crippen molar-refractivity contribution in [3.05, 3.63) is 23.8 Å². The molecule has 1 aliphatic rings. The number of hydrogen-bond acceptors (Lipinski definition) is 4. The SMILES string of the molecule is COc1c(CC(C)O)cccc1OC1CCSCC1. The molecule has 0 saturated carbocycles. The van der Waals surface area contributed by atoms with Crippen molar-refractivity contribution < 1.29 is 14.6 Å². The summed E-state index contributed by atoms with van der Waals surface area (Å²) in [6, 6.07) is 5.90. The average Bonchev–Trinajstić information content (AvgIpc) is 2.39. The highest BCUT2D eigenvalue weighted by atomic mass is 32.2. The molecule has 1 heterocycles. The molecule has 1 aromatic rings. The molecular weight excluding hydrogens is 260 g/mol. The van der Waals surface area contributed by atoms with E-state index in [1.165, 1.54) is 11.5 Å². The summed E-state index contributed by atoms with van der Waals surface area (Å²) >= 11 is 1.99. The summed E-state index contributed by atoms with van der Waals surface area (Å²) in [5.41, 5.74) is 1.00. The summed E-state index contributed by atoms with van der Waals surface area (Å²) in [6.45, 7) is 1.78. The van der Waals surface area contributed by atoms with E-state index in [-0.39, 0.29) is 12.2 Å². The number of methoxy groups -OCH3 is 1. The largest absolute Gasteiger partial charge is 0.493 e. The maximum absolute atomic E-state index is 9.54. The van der Waals surface area contributed by atoms with Gasteiger partial charge < -0.3 is 14.6 Å². The Hall–Kier alpha value is -0.870. The second-order valence-electron chi connectivity index (χ2n) is 4.93. The Kier molecular flexibility index (Phi) is 5.40.